The molecule has 7 heteroatoms. The number of para-hydroxylation sites is 2. The molecule has 0 saturated heterocycles. The summed E-state index contributed by atoms with van der Waals surface area (Å²) in [4.78, 5) is 36.5. The summed E-state index contributed by atoms with van der Waals surface area (Å²) in [5, 5.41) is 0.443. The van der Waals surface area contributed by atoms with Crippen molar-refractivity contribution in [2.24, 2.45) is 10.9 Å². The van der Waals surface area contributed by atoms with Gasteiger partial charge in [0.2, 0.25) is 11.8 Å². The Morgan fingerprint density at radius 2 is 1.61 bits per heavy atom. The molecule has 6 rings (SSSR count). The monoisotopic (exact) mass is 511 g/mol. The molecule has 2 aliphatic heterocycles. The molecule has 0 fully saturated rings. The van der Waals surface area contributed by atoms with Crippen LogP contribution in [-0.2, 0) is 16.0 Å². The molecule has 0 unspecified atom stereocenters. The maximum atomic E-state index is 13.5. The number of carbonyl (C=O) groups is 2. The number of aliphatic imine (C=N–C) groups is 1. The highest BCUT2D eigenvalue weighted by Crippen LogP contribution is 2.54. The van der Waals surface area contributed by atoms with Gasteiger partial charge in [0.15, 0.2) is 5.17 Å². The molecule has 3 aromatic carbocycles. The number of anilines is 2. The quantitative estimate of drug-likeness (QED) is 0.434. The van der Waals surface area contributed by atoms with E-state index in [1.807, 2.05) is 60.7 Å². The average molecular weight is 512 g/mol. The van der Waals surface area contributed by atoms with Gasteiger partial charge in [0.05, 0.1) is 11.7 Å². The lowest BCUT2D eigenvalue weighted by molar-refractivity contribution is -0.129. The van der Waals surface area contributed by atoms with E-state index in [-0.39, 0.29) is 28.9 Å². The zero-order chi connectivity index (χ0) is 24.6. The summed E-state index contributed by atoms with van der Waals surface area (Å²) in [6.45, 7) is 0. The van der Waals surface area contributed by atoms with Gasteiger partial charge in [-0.3, -0.25) is 19.4 Å². The number of carbonyl (C=O) groups excluding carboxylic acids is 2. The molecule has 2 amide bonds. The molecule has 0 saturated carbocycles. The van der Waals surface area contributed by atoms with Crippen LogP contribution in [0.4, 0.5) is 11.4 Å². The van der Waals surface area contributed by atoms with Crippen molar-refractivity contribution < 1.29 is 9.59 Å². The van der Waals surface area contributed by atoms with E-state index >= 15 is 0 Å². The molecule has 2 atom stereocenters. The molecule has 0 radical (unpaired) electrons. The van der Waals surface area contributed by atoms with Crippen LogP contribution in [0.2, 0.25) is 0 Å². The lowest BCUT2D eigenvalue weighted by atomic mass is 9.84. The number of nitrogens with zero attached hydrogens (tertiary/aromatic N) is 3. The number of rotatable bonds is 4. The molecular weight excluding hydrogens is 486 g/mol. The van der Waals surface area contributed by atoms with Gasteiger partial charge in [-0.05, 0) is 53.8 Å². The summed E-state index contributed by atoms with van der Waals surface area (Å²) in [6, 6.07) is 27.8. The standard InChI is InChI=1S/C29H25N3O2S2/c1-31-28(34)25-23-17-16-19-10-8-9-15-22(19)26(23)36-27(25)30-29(31)35-18-24(33)32(20-11-4-2-5-12-20)21-13-6-3-7-14-21/h2-15,25,27H,16-18H2,1H3/t25-,27-/m1/s1. The number of hydrogen-bond acceptors (Lipinski definition) is 5. The third-order valence-corrected chi connectivity index (χ3v) is 9.21. The molecule has 0 spiro atoms. The normalized spacial score (nSPS) is 20.4. The first-order valence-corrected chi connectivity index (χ1v) is 13.9. The van der Waals surface area contributed by atoms with E-state index in [9.17, 15) is 9.59 Å². The Hall–Kier alpha value is -3.29. The highest BCUT2D eigenvalue weighted by Gasteiger charge is 2.47. The zero-order valence-electron chi connectivity index (χ0n) is 19.8. The number of benzene rings is 3. The summed E-state index contributed by atoms with van der Waals surface area (Å²) in [7, 11) is 1.78. The van der Waals surface area contributed by atoms with Gasteiger partial charge in [0.25, 0.3) is 0 Å². The number of aryl methyl sites for hydroxylation is 1. The second-order valence-corrected chi connectivity index (χ2v) is 11.1. The van der Waals surface area contributed by atoms with Crippen LogP contribution < -0.4 is 4.90 Å². The predicted octanol–water partition coefficient (Wildman–Crippen LogP) is 5.96. The van der Waals surface area contributed by atoms with Gasteiger partial charge in [0, 0.05) is 23.3 Å². The van der Waals surface area contributed by atoms with Crippen molar-refractivity contribution in [3.05, 3.63) is 102 Å². The predicted molar refractivity (Wildman–Crippen MR) is 149 cm³/mol. The van der Waals surface area contributed by atoms with Crippen molar-refractivity contribution in [2.75, 3.05) is 17.7 Å². The number of amides is 2. The first-order chi connectivity index (χ1) is 17.6. The molecule has 180 valence electrons. The van der Waals surface area contributed by atoms with Crippen LogP contribution in [0.5, 0.6) is 0 Å². The van der Waals surface area contributed by atoms with Gasteiger partial charge in [0.1, 0.15) is 5.37 Å². The number of thioether (sulfide) groups is 2. The number of hydrogen-bond donors (Lipinski definition) is 0. The van der Waals surface area contributed by atoms with Gasteiger partial charge in [-0.1, -0.05) is 84.2 Å². The van der Waals surface area contributed by atoms with E-state index in [1.165, 1.54) is 33.4 Å². The van der Waals surface area contributed by atoms with Crippen LogP contribution >= 0.6 is 23.5 Å². The third kappa shape index (κ3) is 4.06. The van der Waals surface area contributed by atoms with E-state index in [0.29, 0.717) is 5.17 Å². The highest BCUT2D eigenvalue weighted by molar-refractivity contribution is 8.14. The Balaban J connectivity index is 1.23. The topological polar surface area (TPSA) is 53.0 Å². The van der Waals surface area contributed by atoms with E-state index in [2.05, 4.69) is 24.3 Å². The fourth-order valence-electron chi connectivity index (χ4n) is 5.10. The van der Waals surface area contributed by atoms with Crippen molar-refractivity contribution in [1.82, 2.24) is 4.90 Å². The Morgan fingerprint density at radius 1 is 0.972 bits per heavy atom. The Kier molecular flexibility index (Phi) is 6.19. The Labute approximate surface area is 219 Å². The second-order valence-electron chi connectivity index (χ2n) is 9.00. The lowest BCUT2D eigenvalue weighted by Crippen LogP contribution is -2.45. The molecule has 2 heterocycles. The van der Waals surface area contributed by atoms with E-state index < -0.39 is 0 Å². The van der Waals surface area contributed by atoms with Gasteiger partial charge < -0.3 is 0 Å². The molecule has 36 heavy (non-hydrogen) atoms. The minimum absolute atomic E-state index is 0.0616. The van der Waals surface area contributed by atoms with E-state index in [4.69, 9.17) is 4.99 Å². The van der Waals surface area contributed by atoms with Crippen LogP contribution in [0.3, 0.4) is 0 Å². The second kappa shape index (κ2) is 9.64. The Morgan fingerprint density at radius 3 is 2.31 bits per heavy atom. The molecular formula is C29H25N3O2S2. The van der Waals surface area contributed by atoms with Gasteiger partial charge in [-0.25, -0.2) is 4.99 Å². The van der Waals surface area contributed by atoms with Gasteiger partial charge in [-0.2, -0.15) is 0 Å². The molecule has 0 N–H and O–H groups in total. The molecule has 3 aliphatic rings. The van der Waals surface area contributed by atoms with Crippen LogP contribution in [0.25, 0.3) is 4.91 Å². The lowest BCUT2D eigenvalue weighted by Gasteiger charge is -2.31. The van der Waals surface area contributed by atoms with Crippen LogP contribution in [-0.4, -0.2) is 40.1 Å². The maximum Gasteiger partial charge on any atom is 0.242 e. The fraction of sp³-hybridized carbons (Fsp3) is 0.207. The average Bonchev–Trinajstić information content (AvgIpc) is 3.30. The largest absolute Gasteiger partial charge is 0.294 e. The number of amidine groups is 1. The summed E-state index contributed by atoms with van der Waals surface area (Å²) in [5.74, 6) is -0.0232. The van der Waals surface area contributed by atoms with E-state index in [0.717, 1.165) is 24.2 Å². The molecule has 1 aliphatic carbocycles. The summed E-state index contributed by atoms with van der Waals surface area (Å²) in [6.07, 6.45) is 1.87. The van der Waals surface area contributed by atoms with E-state index in [1.54, 1.807) is 28.6 Å². The van der Waals surface area contributed by atoms with Crippen LogP contribution in [0.1, 0.15) is 17.5 Å². The molecule has 0 bridgehead atoms. The molecule has 0 aromatic heterocycles. The summed E-state index contributed by atoms with van der Waals surface area (Å²) >= 11 is 3.04. The SMILES string of the molecule is CN1C(=O)[C@@H]2C3=C(S[C@H]2N=C1SCC(=O)N(c1ccccc1)c1ccccc1)c1ccccc1CC3. The summed E-state index contributed by atoms with van der Waals surface area (Å²) < 4.78 is 0. The summed E-state index contributed by atoms with van der Waals surface area (Å²) in [5.41, 5.74) is 5.44. The smallest absolute Gasteiger partial charge is 0.242 e. The molecule has 3 aromatic rings. The maximum absolute atomic E-state index is 13.5. The number of fused-ring (bicyclic) bond motifs is 4. The van der Waals surface area contributed by atoms with Crippen molar-refractivity contribution in [3.63, 3.8) is 0 Å². The van der Waals surface area contributed by atoms with Crippen LogP contribution in [0.15, 0.2) is 95.5 Å². The highest BCUT2D eigenvalue weighted by atomic mass is 32.2. The zero-order valence-corrected chi connectivity index (χ0v) is 21.5. The fourth-order valence-corrected chi connectivity index (χ4v) is 7.54. The Bertz CT molecular complexity index is 1350. The van der Waals surface area contributed by atoms with Crippen molar-refractivity contribution in [3.8, 4) is 0 Å². The minimum atomic E-state index is -0.214. The van der Waals surface area contributed by atoms with Crippen molar-refractivity contribution in [1.29, 1.82) is 0 Å². The third-order valence-electron chi connectivity index (χ3n) is 6.84. The minimum Gasteiger partial charge on any atom is -0.294 e. The van der Waals surface area contributed by atoms with Crippen molar-refractivity contribution in [2.45, 2.75) is 18.2 Å². The first kappa shape index (κ1) is 23.1. The van der Waals surface area contributed by atoms with Gasteiger partial charge in [-0.15, -0.1) is 0 Å². The van der Waals surface area contributed by atoms with Gasteiger partial charge >= 0.3 is 0 Å². The first-order valence-electron chi connectivity index (χ1n) is 12.0. The van der Waals surface area contributed by atoms with Crippen LogP contribution in [0, 0.1) is 5.92 Å². The molecule has 5 nitrogen and oxygen atoms in total. The van der Waals surface area contributed by atoms with Crippen molar-refractivity contribution >= 4 is 56.8 Å².